The molecule has 0 bridgehead atoms. The van der Waals surface area contributed by atoms with Crippen molar-refractivity contribution in [3.05, 3.63) is 0 Å². The molecule has 0 radical (unpaired) electrons. The van der Waals surface area contributed by atoms with E-state index in [0.717, 1.165) is 25.4 Å². The molecule has 1 aliphatic carbocycles. The van der Waals surface area contributed by atoms with Crippen LogP contribution in [0.1, 0.15) is 72.6 Å². The molecule has 0 aromatic rings. The third-order valence-corrected chi connectivity index (χ3v) is 4.55. The van der Waals surface area contributed by atoms with E-state index in [1.165, 1.54) is 32.1 Å². The van der Waals surface area contributed by atoms with Crippen molar-refractivity contribution in [2.45, 2.75) is 78.7 Å². The highest BCUT2D eigenvalue weighted by molar-refractivity contribution is 5.75. The molecule has 1 rings (SSSR count). The summed E-state index contributed by atoms with van der Waals surface area (Å²) in [6, 6.07) is 0.612. The van der Waals surface area contributed by atoms with Crippen LogP contribution in [-0.4, -0.2) is 25.0 Å². The third-order valence-electron chi connectivity index (χ3n) is 4.55. The van der Waals surface area contributed by atoms with Crippen molar-refractivity contribution in [2.24, 2.45) is 11.3 Å². The van der Waals surface area contributed by atoms with Crippen molar-refractivity contribution < 1.29 is 4.79 Å². The second-order valence-corrected chi connectivity index (χ2v) is 7.32. The molecule has 20 heavy (non-hydrogen) atoms. The molecule has 118 valence electrons. The molecule has 1 fully saturated rings. The van der Waals surface area contributed by atoms with Crippen molar-refractivity contribution in [3.8, 4) is 0 Å². The minimum Gasteiger partial charge on any atom is -0.356 e. The molecule has 0 aromatic heterocycles. The van der Waals surface area contributed by atoms with Crippen LogP contribution < -0.4 is 10.6 Å². The molecule has 0 spiro atoms. The molecule has 2 unspecified atom stereocenters. The van der Waals surface area contributed by atoms with Crippen molar-refractivity contribution in [1.29, 1.82) is 0 Å². The molecule has 0 aromatic carbocycles. The summed E-state index contributed by atoms with van der Waals surface area (Å²) in [5.41, 5.74) is 0.439. The summed E-state index contributed by atoms with van der Waals surface area (Å²) >= 11 is 0. The fourth-order valence-corrected chi connectivity index (χ4v) is 3.11. The Morgan fingerprint density at radius 1 is 1.10 bits per heavy atom. The molecule has 0 heterocycles. The van der Waals surface area contributed by atoms with Crippen LogP contribution in [0.2, 0.25) is 0 Å². The Hall–Kier alpha value is -0.570. The van der Waals surface area contributed by atoms with Crippen molar-refractivity contribution in [2.75, 3.05) is 13.1 Å². The van der Waals surface area contributed by atoms with Gasteiger partial charge in [-0.1, -0.05) is 34.1 Å². The fraction of sp³-hybridized carbons (Fsp3) is 0.941. The first-order chi connectivity index (χ1) is 9.43. The average molecular weight is 282 g/mol. The lowest BCUT2D eigenvalue weighted by atomic mass is 9.76. The highest BCUT2D eigenvalue weighted by atomic mass is 16.1. The average Bonchev–Trinajstić information content (AvgIpc) is 2.61. The zero-order valence-electron chi connectivity index (χ0n) is 13.9. The van der Waals surface area contributed by atoms with Crippen LogP contribution in [0.3, 0.4) is 0 Å². The molecule has 1 aliphatic rings. The van der Waals surface area contributed by atoms with Gasteiger partial charge in [-0.05, 0) is 43.4 Å². The minimum atomic E-state index is 0.181. The van der Waals surface area contributed by atoms with Gasteiger partial charge in [0.1, 0.15) is 0 Å². The smallest absolute Gasteiger partial charge is 0.221 e. The first kappa shape index (κ1) is 17.5. The second-order valence-electron chi connectivity index (χ2n) is 7.32. The zero-order chi connectivity index (χ0) is 15.0. The van der Waals surface area contributed by atoms with E-state index in [4.69, 9.17) is 0 Å². The molecule has 1 amide bonds. The predicted molar refractivity (Wildman–Crippen MR) is 85.7 cm³/mol. The molecule has 2 N–H and O–H groups in total. The van der Waals surface area contributed by atoms with E-state index >= 15 is 0 Å². The molecule has 3 nitrogen and oxygen atoms in total. The maximum Gasteiger partial charge on any atom is 0.221 e. The van der Waals surface area contributed by atoms with Gasteiger partial charge in [-0.25, -0.2) is 0 Å². The van der Waals surface area contributed by atoms with Gasteiger partial charge in [0, 0.05) is 25.6 Å². The van der Waals surface area contributed by atoms with E-state index in [9.17, 15) is 4.79 Å². The molecule has 3 heteroatoms. The Morgan fingerprint density at radius 2 is 1.85 bits per heavy atom. The SMILES string of the molecule is CCCNC(=O)CCNC1CCCC(C(C)(C)C)CC1. The van der Waals surface area contributed by atoms with E-state index in [1.54, 1.807) is 0 Å². The van der Waals surface area contributed by atoms with Crippen LogP contribution in [-0.2, 0) is 4.79 Å². The van der Waals surface area contributed by atoms with Crippen molar-refractivity contribution >= 4 is 5.91 Å². The normalized spacial score (nSPS) is 24.2. The lowest BCUT2D eigenvalue weighted by Crippen LogP contribution is -2.33. The number of rotatable bonds is 6. The quantitative estimate of drug-likeness (QED) is 0.732. The van der Waals surface area contributed by atoms with Crippen molar-refractivity contribution in [1.82, 2.24) is 10.6 Å². The molecular formula is C17H34N2O. The molecule has 0 aliphatic heterocycles. The summed E-state index contributed by atoms with van der Waals surface area (Å²) in [5, 5.41) is 6.51. The Bertz CT molecular complexity index is 283. The van der Waals surface area contributed by atoms with Gasteiger partial charge in [-0.2, -0.15) is 0 Å². The number of hydrogen-bond acceptors (Lipinski definition) is 2. The van der Waals surface area contributed by atoms with Gasteiger partial charge in [0.15, 0.2) is 0 Å². The largest absolute Gasteiger partial charge is 0.356 e. The zero-order valence-corrected chi connectivity index (χ0v) is 13.9. The van der Waals surface area contributed by atoms with Gasteiger partial charge < -0.3 is 10.6 Å². The van der Waals surface area contributed by atoms with Crippen LogP contribution in [0.15, 0.2) is 0 Å². The van der Waals surface area contributed by atoms with Gasteiger partial charge in [-0.15, -0.1) is 0 Å². The lowest BCUT2D eigenvalue weighted by Gasteiger charge is -2.29. The predicted octanol–water partition coefficient (Wildman–Crippen LogP) is 3.49. The van der Waals surface area contributed by atoms with Gasteiger partial charge >= 0.3 is 0 Å². The van der Waals surface area contributed by atoms with E-state index in [1.807, 2.05) is 0 Å². The number of hydrogen-bond donors (Lipinski definition) is 2. The third kappa shape index (κ3) is 6.74. The van der Waals surface area contributed by atoms with Crippen LogP contribution in [0.4, 0.5) is 0 Å². The Balaban J connectivity index is 2.21. The van der Waals surface area contributed by atoms with Crippen LogP contribution in [0.5, 0.6) is 0 Å². The molecular weight excluding hydrogens is 248 g/mol. The second kappa shape index (κ2) is 8.66. The number of amides is 1. The summed E-state index contributed by atoms with van der Waals surface area (Å²) in [5.74, 6) is 1.03. The van der Waals surface area contributed by atoms with E-state index < -0.39 is 0 Å². The topological polar surface area (TPSA) is 41.1 Å². The van der Waals surface area contributed by atoms with Gasteiger partial charge in [0.25, 0.3) is 0 Å². The first-order valence-corrected chi connectivity index (χ1v) is 8.43. The van der Waals surface area contributed by atoms with Gasteiger partial charge in [0.05, 0.1) is 0 Å². The molecule has 0 saturated heterocycles. The maximum atomic E-state index is 11.5. The fourth-order valence-electron chi connectivity index (χ4n) is 3.11. The Morgan fingerprint density at radius 3 is 2.50 bits per heavy atom. The van der Waals surface area contributed by atoms with E-state index in [2.05, 4.69) is 38.3 Å². The highest BCUT2D eigenvalue weighted by Crippen LogP contribution is 2.36. The standard InChI is InChI=1S/C17H34N2O/c1-5-12-19-16(20)11-13-18-15-8-6-7-14(9-10-15)17(2,3)4/h14-15,18H,5-13H2,1-4H3,(H,19,20). The van der Waals surface area contributed by atoms with Crippen LogP contribution in [0.25, 0.3) is 0 Å². The lowest BCUT2D eigenvalue weighted by molar-refractivity contribution is -0.121. The Labute approximate surface area is 125 Å². The summed E-state index contributed by atoms with van der Waals surface area (Å²) in [7, 11) is 0. The minimum absolute atomic E-state index is 0.181. The van der Waals surface area contributed by atoms with Crippen LogP contribution in [0, 0.1) is 11.3 Å². The summed E-state index contributed by atoms with van der Waals surface area (Å²) in [6.45, 7) is 10.8. The maximum absolute atomic E-state index is 11.5. The van der Waals surface area contributed by atoms with Gasteiger partial charge in [-0.3, -0.25) is 4.79 Å². The summed E-state index contributed by atoms with van der Waals surface area (Å²) in [4.78, 5) is 11.5. The monoisotopic (exact) mass is 282 g/mol. The summed E-state index contributed by atoms with van der Waals surface area (Å²) < 4.78 is 0. The van der Waals surface area contributed by atoms with E-state index in [-0.39, 0.29) is 5.91 Å². The van der Waals surface area contributed by atoms with Gasteiger partial charge in [0.2, 0.25) is 5.91 Å². The number of nitrogens with one attached hydrogen (secondary N) is 2. The Kier molecular flexibility index (Phi) is 7.57. The van der Waals surface area contributed by atoms with Crippen molar-refractivity contribution in [3.63, 3.8) is 0 Å². The number of carbonyl (C=O) groups is 1. The molecule has 1 saturated carbocycles. The van der Waals surface area contributed by atoms with Crippen LogP contribution >= 0.6 is 0 Å². The summed E-state index contributed by atoms with van der Waals surface area (Å²) in [6.07, 6.45) is 8.15. The van der Waals surface area contributed by atoms with E-state index in [0.29, 0.717) is 17.9 Å². The highest BCUT2D eigenvalue weighted by Gasteiger charge is 2.27. The number of carbonyl (C=O) groups excluding carboxylic acids is 1. The first-order valence-electron chi connectivity index (χ1n) is 8.43. The molecule has 2 atom stereocenters.